The lowest BCUT2D eigenvalue weighted by atomic mass is 10.00. The van der Waals surface area contributed by atoms with Crippen molar-refractivity contribution in [2.24, 2.45) is 0 Å². The molecular formula is C36H14F12N4. The number of hydrogen-bond acceptors (Lipinski definition) is 2. The molecule has 0 saturated carbocycles. The highest BCUT2D eigenvalue weighted by molar-refractivity contribution is 6.29. The van der Waals surface area contributed by atoms with Crippen molar-refractivity contribution in [2.45, 2.75) is 24.7 Å². The van der Waals surface area contributed by atoms with Crippen LogP contribution in [-0.4, -0.2) is 9.13 Å². The summed E-state index contributed by atoms with van der Waals surface area (Å²) in [5.74, 6) is 0. The zero-order chi connectivity index (χ0) is 37.7. The van der Waals surface area contributed by atoms with Crippen molar-refractivity contribution in [2.75, 3.05) is 0 Å². The number of nitrogens with zero attached hydrogens (tertiary/aromatic N) is 4. The average Bonchev–Trinajstić information content (AvgIpc) is 3.58. The molecule has 0 saturated heterocycles. The van der Waals surface area contributed by atoms with Gasteiger partial charge < -0.3 is 9.13 Å². The zero-order valence-corrected chi connectivity index (χ0v) is 25.4. The standard InChI is InChI=1S/C36H14F12N4/c37-33(38,39)19-11-17(15-49)31(18(12-19)16-50)51-25-7-3-1-5-21(25)29-27(51)9-10-28-30(29)22-6-2-4-8-26(22)52(28)32-23(35(43,44)45)13-20(34(40,41)42)14-24(32)36(46,47)48/h1-14H. The molecule has 0 spiro atoms. The van der Waals surface area contributed by atoms with Gasteiger partial charge in [0, 0.05) is 21.5 Å². The smallest absolute Gasteiger partial charge is 0.308 e. The van der Waals surface area contributed by atoms with Crippen LogP contribution in [0.15, 0.2) is 84.9 Å². The van der Waals surface area contributed by atoms with Crippen LogP contribution < -0.4 is 0 Å². The lowest BCUT2D eigenvalue weighted by molar-refractivity contribution is -0.148. The molecule has 0 radical (unpaired) electrons. The van der Waals surface area contributed by atoms with E-state index in [-0.39, 0.29) is 61.4 Å². The third-order valence-electron chi connectivity index (χ3n) is 8.65. The fourth-order valence-corrected chi connectivity index (χ4v) is 6.68. The van der Waals surface area contributed by atoms with Crippen LogP contribution in [0.3, 0.4) is 0 Å². The van der Waals surface area contributed by atoms with Gasteiger partial charge in [-0.25, -0.2) is 0 Å². The van der Waals surface area contributed by atoms with Gasteiger partial charge in [-0.1, -0.05) is 36.4 Å². The Morgan fingerprint density at radius 3 is 1.15 bits per heavy atom. The number of nitriles is 2. The summed E-state index contributed by atoms with van der Waals surface area (Å²) in [5, 5.41) is 20.5. The second-order valence-corrected chi connectivity index (χ2v) is 11.6. The van der Waals surface area contributed by atoms with E-state index in [0.29, 0.717) is 16.7 Å². The Labute approximate surface area is 282 Å². The maximum Gasteiger partial charge on any atom is 0.418 e. The summed E-state index contributed by atoms with van der Waals surface area (Å²) in [4.78, 5) is 0. The molecule has 0 amide bonds. The number of alkyl halides is 12. The zero-order valence-electron chi connectivity index (χ0n) is 25.4. The van der Waals surface area contributed by atoms with E-state index in [1.807, 2.05) is 0 Å². The Morgan fingerprint density at radius 1 is 0.423 bits per heavy atom. The van der Waals surface area contributed by atoms with Crippen LogP contribution >= 0.6 is 0 Å². The average molecular weight is 731 g/mol. The molecule has 262 valence electrons. The number of aromatic nitrogens is 2. The lowest BCUT2D eigenvalue weighted by Gasteiger charge is -2.23. The highest BCUT2D eigenvalue weighted by Crippen LogP contribution is 2.49. The molecule has 7 rings (SSSR count). The Balaban J connectivity index is 1.71. The van der Waals surface area contributed by atoms with E-state index in [0.717, 1.165) is 6.07 Å². The lowest BCUT2D eigenvalue weighted by Crippen LogP contribution is -2.20. The third kappa shape index (κ3) is 5.16. The van der Waals surface area contributed by atoms with Gasteiger partial charge in [0.2, 0.25) is 0 Å². The van der Waals surface area contributed by atoms with Gasteiger partial charge >= 0.3 is 24.7 Å². The minimum absolute atomic E-state index is 0.0353. The van der Waals surface area contributed by atoms with Crippen LogP contribution in [-0.2, 0) is 24.7 Å². The van der Waals surface area contributed by atoms with Crippen molar-refractivity contribution in [3.05, 3.63) is 118 Å². The number of fused-ring (bicyclic) bond motifs is 7. The summed E-state index contributed by atoms with van der Waals surface area (Å²) < 4.78 is 172. The first kappa shape index (κ1) is 34.3. The van der Waals surface area contributed by atoms with Gasteiger partial charge in [-0.2, -0.15) is 63.2 Å². The molecule has 7 aromatic rings. The van der Waals surface area contributed by atoms with Crippen molar-refractivity contribution in [1.82, 2.24) is 9.13 Å². The summed E-state index contributed by atoms with van der Waals surface area (Å²) in [7, 11) is 0. The van der Waals surface area contributed by atoms with Crippen molar-refractivity contribution in [3.8, 4) is 23.5 Å². The number of rotatable bonds is 2. The molecule has 5 aromatic carbocycles. The number of para-hydroxylation sites is 2. The van der Waals surface area contributed by atoms with Gasteiger partial charge in [0.05, 0.1) is 66.8 Å². The molecule has 0 bridgehead atoms. The molecule has 2 heterocycles. The van der Waals surface area contributed by atoms with E-state index in [1.165, 1.54) is 59.2 Å². The summed E-state index contributed by atoms with van der Waals surface area (Å²) in [6.07, 6.45) is -21.9. The van der Waals surface area contributed by atoms with Crippen LogP contribution in [0.25, 0.3) is 55.0 Å². The van der Waals surface area contributed by atoms with E-state index >= 15 is 0 Å². The third-order valence-corrected chi connectivity index (χ3v) is 8.65. The van der Waals surface area contributed by atoms with Gasteiger partial charge in [0.1, 0.15) is 12.1 Å². The number of halogens is 12. The SMILES string of the molecule is N#Cc1cc(C(F)(F)F)cc(C#N)c1-n1c2ccccc2c2c3c4ccccc4n(-c4c(C(F)(F)F)cc(C(F)(F)F)cc4C(F)(F)F)c3ccc21. The van der Waals surface area contributed by atoms with Crippen LogP contribution in [0.2, 0.25) is 0 Å². The molecule has 0 N–H and O–H groups in total. The Morgan fingerprint density at radius 2 is 0.788 bits per heavy atom. The Bertz CT molecular complexity index is 2640. The minimum atomic E-state index is -5.71. The normalized spacial score (nSPS) is 13.0. The first-order chi connectivity index (χ1) is 24.3. The van der Waals surface area contributed by atoms with Crippen molar-refractivity contribution in [1.29, 1.82) is 10.5 Å². The number of hydrogen-bond donors (Lipinski definition) is 0. The molecule has 16 heteroatoms. The molecule has 0 fully saturated rings. The Hall–Kier alpha value is -6.16. The highest BCUT2D eigenvalue weighted by Gasteiger charge is 2.46. The van der Waals surface area contributed by atoms with Crippen LogP contribution in [0, 0.1) is 22.7 Å². The molecule has 52 heavy (non-hydrogen) atoms. The van der Waals surface area contributed by atoms with Crippen molar-refractivity contribution >= 4 is 43.6 Å². The quantitative estimate of drug-likeness (QED) is 0.166. The summed E-state index contributed by atoms with van der Waals surface area (Å²) >= 11 is 0. The van der Waals surface area contributed by atoms with Crippen LogP contribution in [0.1, 0.15) is 33.4 Å². The van der Waals surface area contributed by atoms with E-state index in [9.17, 15) is 63.2 Å². The molecule has 0 unspecified atom stereocenters. The predicted molar refractivity (Wildman–Crippen MR) is 165 cm³/mol. The van der Waals surface area contributed by atoms with Gasteiger partial charge in [-0.05, 0) is 48.5 Å². The Kier molecular flexibility index (Phi) is 7.37. The monoisotopic (exact) mass is 730 g/mol. The van der Waals surface area contributed by atoms with Crippen LogP contribution in [0.5, 0.6) is 0 Å². The molecule has 0 atom stereocenters. The first-order valence-corrected chi connectivity index (χ1v) is 14.7. The first-order valence-electron chi connectivity index (χ1n) is 14.7. The minimum Gasteiger partial charge on any atom is -0.308 e. The van der Waals surface area contributed by atoms with Crippen molar-refractivity contribution in [3.63, 3.8) is 0 Å². The van der Waals surface area contributed by atoms with Gasteiger partial charge in [0.15, 0.2) is 0 Å². The molecule has 2 aromatic heterocycles. The maximum absolute atomic E-state index is 14.6. The second-order valence-electron chi connectivity index (χ2n) is 11.6. The van der Waals surface area contributed by atoms with E-state index in [4.69, 9.17) is 0 Å². The summed E-state index contributed by atoms with van der Waals surface area (Å²) in [6.45, 7) is 0. The fourth-order valence-electron chi connectivity index (χ4n) is 6.68. The van der Waals surface area contributed by atoms with Gasteiger partial charge in [-0.3, -0.25) is 0 Å². The maximum atomic E-state index is 14.6. The second kappa shape index (κ2) is 11.2. The van der Waals surface area contributed by atoms with E-state index in [2.05, 4.69) is 0 Å². The molecule has 0 aliphatic carbocycles. The topological polar surface area (TPSA) is 57.4 Å². The van der Waals surface area contributed by atoms with Gasteiger partial charge in [0.25, 0.3) is 0 Å². The molecule has 0 aliphatic rings. The van der Waals surface area contributed by atoms with E-state index in [1.54, 1.807) is 12.1 Å². The molecular weight excluding hydrogens is 716 g/mol. The van der Waals surface area contributed by atoms with E-state index < -0.39 is 63.8 Å². The fraction of sp³-hybridized carbons (Fsp3) is 0.111. The predicted octanol–water partition coefficient (Wildman–Crippen LogP) is 11.7. The molecule has 0 aliphatic heterocycles. The number of benzene rings is 5. The van der Waals surface area contributed by atoms with Crippen LogP contribution in [0.4, 0.5) is 52.7 Å². The molecule has 4 nitrogen and oxygen atoms in total. The van der Waals surface area contributed by atoms with Gasteiger partial charge in [-0.15, -0.1) is 0 Å². The largest absolute Gasteiger partial charge is 0.418 e. The summed E-state index contributed by atoms with van der Waals surface area (Å²) in [5.41, 5.74) is -11.1. The van der Waals surface area contributed by atoms with Crippen molar-refractivity contribution < 1.29 is 52.7 Å². The summed E-state index contributed by atoms with van der Waals surface area (Å²) in [6, 6.07) is 17.4. The highest BCUT2D eigenvalue weighted by atomic mass is 19.4.